The number of nitro groups is 1. The van der Waals surface area contributed by atoms with Crippen molar-refractivity contribution in [2.75, 3.05) is 6.54 Å². The number of rotatable bonds is 6. The zero-order valence-corrected chi connectivity index (χ0v) is 17.4. The number of hydrogen-bond acceptors (Lipinski definition) is 6. The number of hydrogen-bond donors (Lipinski definition) is 0. The summed E-state index contributed by atoms with van der Waals surface area (Å²) in [4.78, 5) is 61.0. The third-order valence-electron chi connectivity index (χ3n) is 4.58. The summed E-state index contributed by atoms with van der Waals surface area (Å²) in [5.74, 6) is -2.70. The smallest absolute Gasteiger partial charge is 0.274 e. The van der Waals surface area contributed by atoms with Gasteiger partial charge in [-0.3, -0.25) is 29.3 Å². The molecule has 0 N–H and O–H groups in total. The lowest BCUT2D eigenvalue weighted by Gasteiger charge is -2.35. The van der Waals surface area contributed by atoms with Gasteiger partial charge in [0.05, 0.1) is 15.5 Å². The largest absolute Gasteiger partial charge is 0.292 e. The highest BCUT2D eigenvalue weighted by Gasteiger charge is 2.36. The Morgan fingerprint density at radius 1 is 1.03 bits per heavy atom. The molecule has 2 aromatic rings. The highest BCUT2D eigenvalue weighted by atomic mass is 35.5. The molecule has 11 heteroatoms. The molecule has 0 atom stereocenters. The normalized spacial score (nSPS) is 13.8. The van der Waals surface area contributed by atoms with E-state index in [1.54, 1.807) is 0 Å². The Hall–Kier alpha value is -3.30. The second-order valence-electron chi connectivity index (χ2n) is 6.67. The van der Waals surface area contributed by atoms with Crippen LogP contribution in [0.2, 0.25) is 10.0 Å². The number of carbonyl (C=O) groups is 4. The minimum absolute atomic E-state index is 0.0119. The Morgan fingerprint density at radius 2 is 1.65 bits per heavy atom. The molecule has 0 radical (unpaired) electrons. The van der Waals surface area contributed by atoms with Crippen LogP contribution in [0.1, 0.15) is 40.0 Å². The van der Waals surface area contributed by atoms with E-state index in [0.717, 1.165) is 17.1 Å². The van der Waals surface area contributed by atoms with Crippen LogP contribution in [0.3, 0.4) is 0 Å². The summed E-state index contributed by atoms with van der Waals surface area (Å²) in [7, 11) is 0. The summed E-state index contributed by atoms with van der Waals surface area (Å²) < 4.78 is 0. The monoisotopic (exact) mass is 463 g/mol. The number of imide groups is 1. The van der Waals surface area contributed by atoms with Crippen molar-refractivity contribution in [3.05, 3.63) is 73.8 Å². The van der Waals surface area contributed by atoms with E-state index in [-0.39, 0.29) is 39.7 Å². The van der Waals surface area contributed by atoms with E-state index < -0.39 is 35.0 Å². The minimum atomic E-state index is -0.833. The van der Waals surface area contributed by atoms with Gasteiger partial charge in [-0.15, -0.1) is 0 Å². The lowest BCUT2D eigenvalue weighted by atomic mass is 10.1. The van der Waals surface area contributed by atoms with E-state index in [1.165, 1.54) is 30.3 Å². The van der Waals surface area contributed by atoms with Crippen molar-refractivity contribution in [1.29, 1.82) is 0 Å². The van der Waals surface area contributed by atoms with Crippen LogP contribution in [0, 0.1) is 10.1 Å². The zero-order chi connectivity index (χ0) is 22.7. The maximum absolute atomic E-state index is 13.2. The molecule has 1 saturated heterocycles. The highest BCUT2D eigenvalue weighted by molar-refractivity contribution is 6.36. The van der Waals surface area contributed by atoms with Gasteiger partial charge >= 0.3 is 0 Å². The Bertz CT molecular complexity index is 1070. The summed E-state index contributed by atoms with van der Waals surface area (Å²) in [5, 5.41) is 12.5. The average Bonchev–Trinajstić information content (AvgIpc) is 2.72. The number of hydrazine groups is 1. The first-order valence-corrected chi connectivity index (χ1v) is 9.85. The molecule has 0 aromatic heterocycles. The topological polar surface area (TPSA) is 118 Å². The minimum Gasteiger partial charge on any atom is -0.292 e. The molecule has 31 heavy (non-hydrogen) atoms. The highest BCUT2D eigenvalue weighted by Crippen LogP contribution is 2.25. The van der Waals surface area contributed by atoms with Crippen molar-refractivity contribution in [1.82, 2.24) is 10.0 Å². The molecular formula is C20H15Cl2N3O6. The van der Waals surface area contributed by atoms with Gasteiger partial charge in [0.1, 0.15) is 6.54 Å². The van der Waals surface area contributed by atoms with Gasteiger partial charge in [-0.25, -0.2) is 5.01 Å². The molecule has 160 valence electrons. The molecule has 3 rings (SSSR count). The predicted octanol–water partition coefficient (Wildman–Crippen LogP) is 3.68. The van der Waals surface area contributed by atoms with Gasteiger partial charge < -0.3 is 0 Å². The molecule has 2 aromatic carbocycles. The van der Waals surface area contributed by atoms with Crippen LogP contribution in [0.25, 0.3) is 0 Å². The van der Waals surface area contributed by atoms with Gasteiger partial charge in [0.25, 0.3) is 11.6 Å². The number of benzene rings is 2. The predicted molar refractivity (Wildman–Crippen MR) is 111 cm³/mol. The van der Waals surface area contributed by atoms with Crippen LogP contribution >= 0.6 is 23.2 Å². The SMILES string of the molecule is O=C(CN(C(=O)c1ccc(Cl)cc1Cl)N1C(=O)CCCC1=O)c1ccc([N+](=O)[O-])cc1. The number of halogens is 2. The van der Waals surface area contributed by atoms with Gasteiger partial charge in [0.15, 0.2) is 5.78 Å². The standard InChI is InChI=1S/C20H15Cl2N3O6/c21-13-6-9-15(16(22)10-13)20(29)23(24-18(27)2-1-3-19(24)28)11-17(26)12-4-7-14(8-5-12)25(30)31/h4-10H,1-3,11H2. The maximum atomic E-state index is 13.2. The fourth-order valence-corrected chi connectivity index (χ4v) is 3.53. The maximum Gasteiger partial charge on any atom is 0.274 e. The molecule has 0 saturated carbocycles. The number of piperidine rings is 1. The summed E-state index contributed by atoms with van der Waals surface area (Å²) in [6.45, 7) is -0.646. The molecule has 3 amide bonds. The van der Waals surface area contributed by atoms with Crippen molar-refractivity contribution in [2.45, 2.75) is 19.3 Å². The van der Waals surface area contributed by atoms with Gasteiger partial charge in [0.2, 0.25) is 11.8 Å². The first-order valence-electron chi connectivity index (χ1n) is 9.09. The summed E-state index contributed by atoms with van der Waals surface area (Å²) >= 11 is 12.0. The Labute approximate surface area is 186 Å². The van der Waals surface area contributed by atoms with E-state index in [2.05, 4.69) is 0 Å². The third kappa shape index (κ3) is 4.89. The van der Waals surface area contributed by atoms with Crippen LogP contribution in [0.15, 0.2) is 42.5 Å². The van der Waals surface area contributed by atoms with Gasteiger partial charge in [-0.1, -0.05) is 23.2 Å². The van der Waals surface area contributed by atoms with Crippen LogP contribution in [-0.2, 0) is 9.59 Å². The number of nitrogens with zero attached hydrogens (tertiary/aromatic N) is 3. The number of carbonyl (C=O) groups excluding carboxylic acids is 4. The molecule has 0 bridgehead atoms. The Balaban J connectivity index is 1.96. The van der Waals surface area contributed by atoms with Crippen LogP contribution in [-0.4, -0.2) is 45.0 Å². The molecule has 1 fully saturated rings. The first kappa shape index (κ1) is 22.4. The fraction of sp³-hybridized carbons (Fsp3) is 0.200. The summed E-state index contributed by atoms with van der Waals surface area (Å²) in [6.07, 6.45) is 0.416. The van der Waals surface area contributed by atoms with E-state index >= 15 is 0 Å². The quantitative estimate of drug-likeness (QED) is 0.279. The second kappa shape index (κ2) is 9.23. The van der Waals surface area contributed by atoms with E-state index in [4.69, 9.17) is 23.2 Å². The molecule has 1 heterocycles. The van der Waals surface area contributed by atoms with Crippen LogP contribution < -0.4 is 0 Å². The second-order valence-corrected chi connectivity index (χ2v) is 7.51. The number of non-ortho nitro benzene ring substituents is 1. The third-order valence-corrected chi connectivity index (χ3v) is 5.13. The Morgan fingerprint density at radius 3 is 2.19 bits per heavy atom. The molecule has 1 aliphatic heterocycles. The molecule has 9 nitrogen and oxygen atoms in total. The average molecular weight is 464 g/mol. The fourth-order valence-electron chi connectivity index (χ4n) is 3.04. The first-order chi connectivity index (χ1) is 14.7. The molecule has 1 aliphatic rings. The van der Waals surface area contributed by atoms with Crippen molar-refractivity contribution >= 4 is 52.4 Å². The number of nitro benzene ring substituents is 1. The van der Waals surface area contributed by atoms with Crippen molar-refractivity contribution < 1.29 is 24.1 Å². The number of Topliss-reactive ketones (excluding diaryl/α,β-unsaturated/α-hetero) is 1. The van der Waals surface area contributed by atoms with E-state index in [0.29, 0.717) is 11.4 Å². The summed E-state index contributed by atoms with van der Waals surface area (Å²) in [6, 6.07) is 8.83. The molecular weight excluding hydrogens is 449 g/mol. The number of ketones is 1. The molecule has 0 unspecified atom stereocenters. The van der Waals surface area contributed by atoms with Crippen LogP contribution in [0.5, 0.6) is 0 Å². The number of amides is 3. The lowest BCUT2D eigenvalue weighted by molar-refractivity contribution is -0.384. The van der Waals surface area contributed by atoms with Crippen molar-refractivity contribution in [2.24, 2.45) is 0 Å². The molecule has 0 aliphatic carbocycles. The Kier molecular flexibility index (Phi) is 6.67. The lowest BCUT2D eigenvalue weighted by Crippen LogP contribution is -2.56. The zero-order valence-electron chi connectivity index (χ0n) is 15.9. The van der Waals surface area contributed by atoms with E-state index in [9.17, 15) is 29.3 Å². The van der Waals surface area contributed by atoms with Gasteiger partial charge in [0, 0.05) is 35.6 Å². The van der Waals surface area contributed by atoms with Gasteiger partial charge in [-0.05, 0) is 36.8 Å². The van der Waals surface area contributed by atoms with E-state index in [1.807, 2.05) is 0 Å². The van der Waals surface area contributed by atoms with Crippen molar-refractivity contribution in [3.63, 3.8) is 0 Å². The van der Waals surface area contributed by atoms with Crippen LogP contribution in [0.4, 0.5) is 5.69 Å². The molecule has 0 spiro atoms. The van der Waals surface area contributed by atoms with Gasteiger partial charge in [-0.2, -0.15) is 5.01 Å². The summed E-state index contributed by atoms with van der Waals surface area (Å²) in [5.41, 5.74) is -0.185. The van der Waals surface area contributed by atoms with Crippen molar-refractivity contribution in [3.8, 4) is 0 Å².